The molecule has 3 heteroatoms. The lowest BCUT2D eigenvalue weighted by Gasteiger charge is -2.02. The van der Waals surface area contributed by atoms with Gasteiger partial charge in [-0.15, -0.1) is 0 Å². The number of hydrogen-bond donors (Lipinski definition) is 0. The van der Waals surface area contributed by atoms with Gasteiger partial charge in [0.25, 0.3) is 0 Å². The number of nitrogens with zero attached hydrogens (tertiary/aromatic N) is 1. The van der Waals surface area contributed by atoms with E-state index in [1.165, 1.54) is 56.6 Å². The second-order valence-corrected chi connectivity index (χ2v) is 6.74. The monoisotopic (exact) mass is 365 g/mol. The van der Waals surface area contributed by atoms with Crippen molar-refractivity contribution in [1.29, 1.82) is 5.26 Å². The second kappa shape index (κ2) is 11.1. The first-order chi connectivity index (χ1) is 13.1. The van der Waals surface area contributed by atoms with Gasteiger partial charge in [-0.05, 0) is 42.7 Å². The zero-order valence-corrected chi connectivity index (χ0v) is 15.8. The third-order valence-corrected chi connectivity index (χ3v) is 4.53. The summed E-state index contributed by atoms with van der Waals surface area (Å²) in [6.07, 6.45) is 10.1. The van der Waals surface area contributed by atoms with Gasteiger partial charge in [-0.2, -0.15) is 5.26 Å². The number of nitriles is 1. The predicted molar refractivity (Wildman–Crippen MR) is 105 cm³/mol. The van der Waals surface area contributed by atoms with E-state index in [0.29, 0.717) is 0 Å². The van der Waals surface area contributed by atoms with Crippen LogP contribution in [0, 0.1) is 34.8 Å². The van der Waals surface area contributed by atoms with Gasteiger partial charge in [0.1, 0.15) is 23.3 Å². The van der Waals surface area contributed by atoms with Gasteiger partial charge in [0.2, 0.25) is 0 Å². The molecule has 0 saturated carbocycles. The summed E-state index contributed by atoms with van der Waals surface area (Å²) in [5.41, 5.74) is 1.72. The molecule has 140 valence electrons. The SMILES string of the molecule is CCCCCCCCCc1ccc(C#Cc2cc(F)c(C#N)c(F)c2)cc1. The van der Waals surface area contributed by atoms with E-state index >= 15 is 0 Å². The van der Waals surface area contributed by atoms with Crippen molar-refractivity contribution in [2.24, 2.45) is 0 Å². The summed E-state index contributed by atoms with van der Waals surface area (Å²) in [5, 5.41) is 8.68. The molecule has 0 saturated heterocycles. The number of benzene rings is 2. The molecule has 2 aromatic carbocycles. The van der Waals surface area contributed by atoms with E-state index < -0.39 is 17.2 Å². The van der Waals surface area contributed by atoms with E-state index in [1.807, 2.05) is 12.1 Å². The minimum atomic E-state index is -0.883. The first kappa shape index (κ1) is 20.7. The Morgan fingerprint density at radius 2 is 1.33 bits per heavy atom. The van der Waals surface area contributed by atoms with Crippen LogP contribution in [0.15, 0.2) is 36.4 Å². The van der Waals surface area contributed by atoms with E-state index in [1.54, 1.807) is 0 Å². The molecule has 0 aliphatic heterocycles. The van der Waals surface area contributed by atoms with Gasteiger partial charge in [0.05, 0.1) is 0 Å². The number of unbranched alkanes of at least 4 members (excludes halogenated alkanes) is 6. The zero-order valence-electron chi connectivity index (χ0n) is 15.8. The largest absolute Gasteiger partial charge is 0.205 e. The quantitative estimate of drug-likeness (QED) is 0.385. The summed E-state index contributed by atoms with van der Waals surface area (Å²) in [6, 6.07) is 11.7. The Hall–Kier alpha value is -2.65. The molecule has 2 rings (SSSR count). The van der Waals surface area contributed by atoms with Gasteiger partial charge < -0.3 is 0 Å². The van der Waals surface area contributed by atoms with Crippen LogP contribution in [0.4, 0.5) is 8.78 Å². The molecule has 27 heavy (non-hydrogen) atoms. The highest BCUT2D eigenvalue weighted by molar-refractivity contribution is 5.46. The van der Waals surface area contributed by atoms with Gasteiger partial charge in [0, 0.05) is 11.1 Å². The first-order valence-corrected chi connectivity index (χ1v) is 9.64. The number of hydrogen-bond acceptors (Lipinski definition) is 1. The summed E-state index contributed by atoms with van der Waals surface area (Å²) >= 11 is 0. The first-order valence-electron chi connectivity index (χ1n) is 9.64. The van der Waals surface area contributed by atoms with E-state index in [2.05, 4.69) is 30.9 Å². The molecule has 0 radical (unpaired) electrons. The van der Waals surface area contributed by atoms with Crippen LogP contribution in [0.3, 0.4) is 0 Å². The lowest BCUT2D eigenvalue weighted by molar-refractivity contribution is 0.576. The van der Waals surface area contributed by atoms with Crippen LogP contribution in [-0.4, -0.2) is 0 Å². The van der Waals surface area contributed by atoms with Crippen molar-refractivity contribution in [2.75, 3.05) is 0 Å². The maximum Gasteiger partial charge on any atom is 0.145 e. The molecule has 0 aliphatic carbocycles. The Labute approximate surface area is 161 Å². The predicted octanol–water partition coefficient (Wildman–Crippen LogP) is 6.53. The molecule has 0 atom stereocenters. The van der Waals surface area contributed by atoms with Gasteiger partial charge in [-0.1, -0.05) is 69.4 Å². The number of halogens is 2. The summed E-state index contributed by atoms with van der Waals surface area (Å²) in [6.45, 7) is 2.23. The summed E-state index contributed by atoms with van der Waals surface area (Å²) in [4.78, 5) is 0. The molecule has 0 unspecified atom stereocenters. The summed E-state index contributed by atoms with van der Waals surface area (Å²) in [7, 11) is 0. The third kappa shape index (κ3) is 6.87. The minimum Gasteiger partial charge on any atom is -0.205 e. The van der Waals surface area contributed by atoms with Crippen molar-refractivity contribution in [2.45, 2.75) is 58.3 Å². The standard InChI is InChI=1S/C24H25F2N/c1-2-3-4-5-6-7-8-9-19-10-12-20(13-11-19)14-15-21-16-23(25)22(18-27)24(26)17-21/h10-13,16-17H,2-9H2,1H3. The van der Waals surface area contributed by atoms with Gasteiger partial charge in [-0.25, -0.2) is 8.78 Å². The maximum absolute atomic E-state index is 13.6. The van der Waals surface area contributed by atoms with E-state index in [9.17, 15) is 8.78 Å². The summed E-state index contributed by atoms with van der Waals surface area (Å²) in [5.74, 6) is 3.90. The van der Waals surface area contributed by atoms with Crippen LogP contribution in [-0.2, 0) is 6.42 Å². The van der Waals surface area contributed by atoms with Gasteiger partial charge in [-0.3, -0.25) is 0 Å². The van der Waals surface area contributed by atoms with Crippen molar-refractivity contribution in [3.8, 4) is 17.9 Å². The minimum absolute atomic E-state index is 0.219. The lowest BCUT2D eigenvalue weighted by Crippen LogP contribution is -1.92. The van der Waals surface area contributed by atoms with Gasteiger partial charge in [0.15, 0.2) is 0 Å². The average molecular weight is 365 g/mol. The smallest absolute Gasteiger partial charge is 0.145 e. The Morgan fingerprint density at radius 3 is 1.93 bits per heavy atom. The van der Waals surface area contributed by atoms with Crippen LogP contribution in [0.1, 0.15) is 74.1 Å². The molecule has 0 bridgehead atoms. The molecule has 0 amide bonds. The molecule has 0 N–H and O–H groups in total. The molecule has 0 heterocycles. The molecule has 0 spiro atoms. The number of aryl methyl sites for hydroxylation is 1. The highest BCUT2D eigenvalue weighted by atomic mass is 19.1. The van der Waals surface area contributed by atoms with Crippen molar-refractivity contribution in [3.05, 3.63) is 70.3 Å². The van der Waals surface area contributed by atoms with Crippen LogP contribution >= 0.6 is 0 Å². The lowest BCUT2D eigenvalue weighted by atomic mass is 10.0. The van der Waals surface area contributed by atoms with Crippen molar-refractivity contribution in [3.63, 3.8) is 0 Å². The van der Waals surface area contributed by atoms with Crippen LogP contribution in [0.25, 0.3) is 0 Å². The average Bonchev–Trinajstić information content (AvgIpc) is 2.66. The second-order valence-electron chi connectivity index (χ2n) is 6.74. The number of rotatable bonds is 8. The van der Waals surface area contributed by atoms with Crippen LogP contribution in [0.5, 0.6) is 0 Å². The Kier molecular flexibility index (Phi) is 8.53. The van der Waals surface area contributed by atoms with Crippen LogP contribution < -0.4 is 0 Å². The molecule has 0 aromatic heterocycles. The van der Waals surface area contributed by atoms with E-state index in [-0.39, 0.29) is 5.56 Å². The fourth-order valence-corrected chi connectivity index (χ4v) is 2.94. The highest BCUT2D eigenvalue weighted by Crippen LogP contribution is 2.14. The fourth-order valence-electron chi connectivity index (χ4n) is 2.94. The topological polar surface area (TPSA) is 23.8 Å². The van der Waals surface area contributed by atoms with Crippen molar-refractivity contribution < 1.29 is 8.78 Å². The highest BCUT2D eigenvalue weighted by Gasteiger charge is 2.09. The van der Waals surface area contributed by atoms with Crippen molar-refractivity contribution >= 4 is 0 Å². The third-order valence-electron chi connectivity index (χ3n) is 4.53. The van der Waals surface area contributed by atoms with E-state index in [4.69, 9.17) is 5.26 Å². The van der Waals surface area contributed by atoms with E-state index in [0.717, 1.165) is 24.1 Å². The molecular weight excluding hydrogens is 340 g/mol. The Bertz CT molecular complexity index is 812. The normalized spacial score (nSPS) is 10.1. The Morgan fingerprint density at radius 1 is 0.778 bits per heavy atom. The maximum atomic E-state index is 13.6. The molecule has 0 aliphatic rings. The molecule has 2 aromatic rings. The summed E-state index contributed by atoms with van der Waals surface area (Å²) < 4.78 is 27.2. The zero-order chi connectivity index (χ0) is 19.5. The molecule has 1 nitrogen and oxygen atoms in total. The van der Waals surface area contributed by atoms with Crippen molar-refractivity contribution in [1.82, 2.24) is 0 Å². The Balaban J connectivity index is 1.86. The fraction of sp³-hybridized carbons (Fsp3) is 0.375. The molecular formula is C24H25F2N. The van der Waals surface area contributed by atoms with Gasteiger partial charge >= 0.3 is 0 Å². The molecule has 0 fully saturated rings. The van der Waals surface area contributed by atoms with Crippen LogP contribution in [0.2, 0.25) is 0 Å².